The number of carbonyl (C=O) groups is 1. The Morgan fingerprint density at radius 1 is 1.23 bits per heavy atom. The van der Waals surface area contributed by atoms with E-state index in [0.717, 1.165) is 9.80 Å². The van der Waals surface area contributed by atoms with E-state index in [0.29, 0.717) is 5.57 Å². The molecule has 0 spiro atoms. The van der Waals surface area contributed by atoms with Crippen molar-refractivity contribution >= 4 is 13.9 Å². The van der Waals surface area contributed by atoms with Crippen molar-refractivity contribution in [2.75, 3.05) is 19.7 Å². The summed E-state index contributed by atoms with van der Waals surface area (Å²) in [4.78, 5) is 32.3. The van der Waals surface area contributed by atoms with Crippen LogP contribution in [0.25, 0.3) is 0 Å². The fourth-order valence-corrected chi connectivity index (χ4v) is 3.79. The van der Waals surface area contributed by atoms with Gasteiger partial charge in [-0.2, -0.15) is 8.78 Å². The number of aliphatic hydroxyl groups is 2. The zero-order valence-electron chi connectivity index (χ0n) is 16.4. The van der Waals surface area contributed by atoms with Crippen LogP contribution in [0.1, 0.15) is 12.5 Å². The molecule has 2 amide bonds. The Bertz CT molecular complexity index is 881. The normalized spacial score (nSPS) is 27.6. The lowest BCUT2D eigenvalue weighted by Crippen LogP contribution is -2.54. The Morgan fingerprint density at radius 3 is 2.48 bits per heavy atom. The second-order valence-electron chi connectivity index (χ2n) is 7.42. The van der Waals surface area contributed by atoms with Gasteiger partial charge >= 0.3 is 13.9 Å². The Morgan fingerprint density at radius 2 is 1.87 bits per heavy atom. The van der Waals surface area contributed by atoms with Gasteiger partial charge in [0, 0.05) is 18.3 Å². The van der Waals surface area contributed by atoms with Crippen LogP contribution in [0, 0.1) is 0 Å². The number of phosphoric ester groups is 1. The van der Waals surface area contributed by atoms with E-state index in [1.807, 2.05) is 0 Å². The fraction of sp³-hybridized carbons (Fsp3) is 0.500. The zero-order chi connectivity index (χ0) is 23.0. The third kappa shape index (κ3) is 5.47. The second kappa shape index (κ2) is 8.91. The second-order valence-corrected chi connectivity index (χ2v) is 8.66. The number of urea groups is 1. The van der Waals surface area contributed by atoms with E-state index < -0.39 is 57.5 Å². The number of carbonyl (C=O) groups excluding carboxylic acids is 1. The highest BCUT2D eigenvalue weighted by Gasteiger charge is 2.49. The van der Waals surface area contributed by atoms with Crippen LogP contribution in [0.5, 0.6) is 0 Å². The number of alkyl halides is 2. The lowest BCUT2D eigenvalue weighted by molar-refractivity contribution is -0.0766. The van der Waals surface area contributed by atoms with Crippen molar-refractivity contribution in [2.45, 2.75) is 37.4 Å². The third-order valence-corrected chi connectivity index (χ3v) is 5.38. The minimum atomic E-state index is -4.86. The van der Waals surface area contributed by atoms with Gasteiger partial charge in [-0.1, -0.05) is 30.3 Å². The first-order chi connectivity index (χ1) is 14.4. The monoisotopic (exact) mass is 464 g/mol. The molecule has 13 heteroatoms. The highest BCUT2D eigenvalue weighted by Crippen LogP contribution is 2.38. The molecule has 1 fully saturated rings. The van der Waals surface area contributed by atoms with Gasteiger partial charge in [0.05, 0.1) is 13.2 Å². The summed E-state index contributed by atoms with van der Waals surface area (Å²) in [7, 11) is -4.86. The summed E-state index contributed by atoms with van der Waals surface area (Å²) in [5, 5.41) is 20.4. The Kier molecular flexibility index (Phi) is 6.82. The van der Waals surface area contributed by atoms with Crippen molar-refractivity contribution in [3.63, 3.8) is 0 Å². The molecule has 1 saturated heterocycles. The SMILES string of the molecule is CC1=CN([C@@H]2O[C@H](COP(=O)(O)O)[C@H](O)C2O)C(=O)N(CC(F)(F)c2ccccc2)C1. The number of ether oxygens (including phenoxy) is 1. The molecule has 4 atom stereocenters. The van der Waals surface area contributed by atoms with E-state index in [2.05, 4.69) is 4.52 Å². The molecular weight excluding hydrogens is 441 g/mol. The van der Waals surface area contributed by atoms with Gasteiger partial charge in [-0.25, -0.2) is 9.36 Å². The fourth-order valence-electron chi connectivity index (χ4n) is 3.45. The molecule has 2 aliphatic rings. The number of halogens is 2. The molecule has 172 valence electrons. The predicted octanol–water partition coefficient (Wildman–Crippen LogP) is 0.976. The first kappa shape index (κ1) is 23.7. The summed E-state index contributed by atoms with van der Waals surface area (Å²) < 4.78 is 50.0. The van der Waals surface area contributed by atoms with Crippen LogP contribution in [0.4, 0.5) is 13.6 Å². The van der Waals surface area contributed by atoms with Gasteiger partial charge in [0.2, 0.25) is 0 Å². The van der Waals surface area contributed by atoms with Gasteiger partial charge in [0.15, 0.2) is 6.23 Å². The molecule has 0 saturated carbocycles. The minimum absolute atomic E-state index is 0.0755. The molecule has 4 N–H and O–H groups in total. The van der Waals surface area contributed by atoms with Crippen molar-refractivity contribution in [1.82, 2.24) is 9.80 Å². The van der Waals surface area contributed by atoms with Gasteiger partial charge in [0.1, 0.15) is 18.3 Å². The number of hydrogen-bond donors (Lipinski definition) is 4. The summed E-state index contributed by atoms with van der Waals surface area (Å²) in [5.41, 5.74) is 0.257. The van der Waals surface area contributed by atoms with Crippen molar-refractivity contribution < 1.29 is 47.4 Å². The average molecular weight is 464 g/mol. The molecule has 0 aromatic heterocycles. The van der Waals surface area contributed by atoms with Gasteiger partial charge in [0.25, 0.3) is 5.92 Å². The number of aliphatic hydroxyl groups excluding tert-OH is 2. The Hall–Kier alpha value is -1.92. The lowest BCUT2D eigenvalue weighted by atomic mass is 10.1. The molecule has 1 aromatic rings. The Balaban J connectivity index is 1.75. The van der Waals surface area contributed by atoms with E-state index in [-0.39, 0.29) is 12.1 Å². The number of hydrogen-bond acceptors (Lipinski definition) is 6. The standard InChI is InChI=1S/C18H23F2N2O8P/c1-11-7-21(10-18(19,20)12-5-3-2-4-6-12)17(25)22(8-11)16-15(24)14(23)13(30-16)9-29-31(26,27)28/h2-6,8,13-16,23-24H,7,9-10H2,1H3,(H2,26,27,28)/t13-,14+,15?,16-/m1/s1. The maximum atomic E-state index is 14.7. The third-order valence-electron chi connectivity index (χ3n) is 4.90. The van der Waals surface area contributed by atoms with E-state index in [9.17, 15) is 28.4 Å². The first-order valence-electron chi connectivity index (χ1n) is 9.28. The lowest BCUT2D eigenvalue weighted by Gasteiger charge is -2.38. The van der Waals surface area contributed by atoms with Crippen LogP contribution in [-0.4, -0.2) is 80.1 Å². The largest absolute Gasteiger partial charge is 0.469 e. The van der Waals surface area contributed by atoms with Crippen LogP contribution in [0.3, 0.4) is 0 Å². The molecule has 0 radical (unpaired) electrons. The zero-order valence-corrected chi connectivity index (χ0v) is 17.3. The number of amides is 2. The summed E-state index contributed by atoms with van der Waals surface area (Å²) >= 11 is 0. The summed E-state index contributed by atoms with van der Waals surface area (Å²) in [6, 6.07) is 6.14. The van der Waals surface area contributed by atoms with E-state index in [4.69, 9.17) is 14.5 Å². The van der Waals surface area contributed by atoms with Gasteiger partial charge in [-0.15, -0.1) is 0 Å². The first-order valence-corrected chi connectivity index (χ1v) is 10.8. The van der Waals surface area contributed by atoms with Gasteiger partial charge in [-0.3, -0.25) is 9.42 Å². The van der Waals surface area contributed by atoms with E-state index >= 15 is 0 Å². The van der Waals surface area contributed by atoms with Crippen molar-refractivity contribution in [3.8, 4) is 0 Å². The number of phosphoric acid groups is 1. The number of rotatable bonds is 7. The molecule has 10 nitrogen and oxygen atoms in total. The predicted molar refractivity (Wildman–Crippen MR) is 102 cm³/mol. The van der Waals surface area contributed by atoms with Crippen LogP contribution < -0.4 is 0 Å². The average Bonchev–Trinajstić information content (AvgIpc) is 2.97. The maximum Gasteiger partial charge on any atom is 0.469 e. The van der Waals surface area contributed by atoms with Crippen molar-refractivity contribution in [3.05, 3.63) is 47.7 Å². The molecule has 3 rings (SSSR count). The van der Waals surface area contributed by atoms with Crippen LogP contribution >= 0.6 is 7.82 Å². The van der Waals surface area contributed by atoms with Gasteiger partial charge in [-0.05, 0) is 12.5 Å². The summed E-state index contributed by atoms with van der Waals surface area (Å²) in [6.45, 7) is -0.153. The number of benzene rings is 1. The summed E-state index contributed by atoms with van der Waals surface area (Å²) in [6.07, 6.45) is -4.79. The molecule has 0 bridgehead atoms. The highest BCUT2D eigenvalue weighted by atomic mass is 31.2. The van der Waals surface area contributed by atoms with Crippen LogP contribution in [-0.2, 0) is 19.7 Å². The van der Waals surface area contributed by atoms with E-state index in [1.54, 1.807) is 13.0 Å². The van der Waals surface area contributed by atoms with E-state index in [1.165, 1.54) is 30.5 Å². The smallest absolute Gasteiger partial charge is 0.387 e. The molecule has 0 aliphatic carbocycles. The minimum Gasteiger partial charge on any atom is -0.387 e. The van der Waals surface area contributed by atoms with Crippen LogP contribution in [0.2, 0.25) is 0 Å². The van der Waals surface area contributed by atoms with Gasteiger partial charge < -0.3 is 29.6 Å². The van der Waals surface area contributed by atoms with Crippen molar-refractivity contribution in [1.29, 1.82) is 0 Å². The molecule has 1 aromatic carbocycles. The Labute approximate surface area is 176 Å². The summed E-state index contributed by atoms with van der Waals surface area (Å²) in [5.74, 6) is -3.34. The topological polar surface area (TPSA) is 140 Å². The molecule has 2 heterocycles. The molecule has 1 unspecified atom stereocenters. The molecule has 31 heavy (non-hydrogen) atoms. The highest BCUT2D eigenvalue weighted by molar-refractivity contribution is 7.46. The quantitative estimate of drug-likeness (QED) is 0.438. The molecular formula is C18H23F2N2O8P. The molecule has 2 aliphatic heterocycles. The number of nitrogens with zero attached hydrogens (tertiary/aromatic N) is 2. The van der Waals surface area contributed by atoms with Crippen molar-refractivity contribution in [2.24, 2.45) is 0 Å². The van der Waals surface area contributed by atoms with Crippen LogP contribution in [0.15, 0.2) is 42.1 Å². The maximum absolute atomic E-state index is 14.7.